The maximum absolute atomic E-state index is 10.5. The molecule has 1 N–H and O–H groups in total. The maximum Gasteiger partial charge on any atom is 0.0845 e. The van der Waals surface area contributed by atoms with Crippen molar-refractivity contribution in [3.8, 4) is 0 Å². The first-order chi connectivity index (χ1) is 10.2. The highest BCUT2D eigenvalue weighted by Gasteiger charge is 2.23. The number of nitrogens with zero attached hydrogens (tertiary/aromatic N) is 2. The highest BCUT2D eigenvalue weighted by atomic mass is 16.3. The van der Waals surface area contributed by atoms with Crippen LogP contribution < -0.4 is 0 Å². The molecule has 1 fully saturated rings. The Balaban J connectivity index is 1.72. The lowest BCUT2D eigenvalue weighted by Gasteiger charge is -2.12. The molecule has 1 aromatic carbocycles. The van der Waals surface area contributed by atoms with E-state index in [1.54, 1.807) is 0 Å². The van der Waals surface area contributed by atoms with Crippen LogP contribution in [0.1, 0.15) is 61.2 Å². The zero-order valence-corrected chi connectivity index (χ0v) is 12.9. The van der Waals surface area contributed by atoms with Crippen molar-refractivity contribution in [3.05, 3.63) is 52.8 Å². The van der Waals surface area contributed by atoms with E-state index in [-0.39, 0.29) is 0 Å². The molecular formula is C18H24N2O. The largest absolute Gasteiger partial charge is 0.388 e. The third kappa shape index (κ3) is 3.18. The van der Waals surface area contributed by atoms with Crippen molar-refractivity contribution in [2.24, 2.45) is 0 Å². The normalized spacial score (nSPS) is 16.1. The second-order valence-corrected chi connectivity index (χ2v) is 5.96. The number of aliphatic hydroxyl groups is 1. The molecule has 0 bridgehead atoms. The molecule has 1 saturated carbocycles. The zero-order chi connectivity index (χ0) is 14.8. The Morgan fingerprint density at radius 1 is 1.24 bits per heavy atom. The van der Waals surface area contributed by atoms with Crippen LogP contribution in [0.25, 0.3) is 0 Å². The lowest BCUT2D eigenvalue weighted by molar-refractivity contribution is 0.175. The third-order valence-electron chi connectivity index (χ3n) is 4.35. The van der Waals surface area contributed by atoms with E-state index in [4.69, 9.17) is 0 Å². The first kappa shape index (κ1) is 14.3. The minimum atomic E-state index is -0.454. The molecule has 1 aliphatic rings. The van der Waals surface area contributed by atoms with Crippen LogP contribution in [-0.2, 0) is 19.4 Å². The fraction of sp³-hybridized carbons (Fsp3) is 0.500. The minimum Gasteiger partial charge on any atom is -0.388 e. The SMILES string of the molecule is CCc1cc(CC(O)c2ccc(C3CC3)cc2)n(CC)n1. The molecule has 3 heteroatoms. The number of aliphatic hydroxyl groups excluding tert-OH is 1. The molecule has 0 aliphatic heterocycles. The summed E-state index contributed by atoms with van der Waals surface area (Å²) in [5.41, 5.74) is 4.63. The van der Waals surface area contributed by atoms with Gasteiger partial charge in [0.1, 0.15) is 0 Å². The first-order valence-corrected chi connectivity index (χ1v) is 8.04. The summed E-state index contributed by atoms with van der Waals surface area (Å²) in [5.74, 6) is 0.768. The predicted molar refractivity (Wildman–Crippen MR) is 84.4 cm³/mol. The van der Waals surface area contributed by atoms with Crippen LogP contribution in [0, 0.1) is 0 Å². The fourth-order valence-electron chi connectivity index (χ4n) is 2.85. The van der Waals surface area contributed by atoms with Gasteiger partial charge in [0.05, 0.1) is 11.8 Å². The second kappa shape index (κ2) is 6.02. The van der Waals surface area contributed by atoms with Crippen molar-refractivity contribution in [3.63, 3.8) is 0 Å². The monoisotopic (exact) mass is 284 g/mol. The topological polar surface area (TPSA) is 38.0 Å². The summed E-state index contributed by atoms with van der Waals surface area (Å²) in [6, 6.07) is 10.6. The van der Waals surface area contributed by atoms with Gasteiger partial charge in [-0.1, -0.05) is 31.2 Å². The van der Waals surface area contributed by atoms with Crippen LogP contribution in [0.15, 0.2) is 30.3 Å². The molecule has 2 aromatic rings. The van der Waals surface area contributed by atoms with E-state index in [0.29, 0.717) is 6.42 Å². The van der Waals surface area contributed by atoms with Gasteiger partial charge in [-0.3, -0.25) is 4.68 Å². The van der Waals surface area contributed by atoms with E-state index in [1.165, 1.54) is 18.4 Å². The predicted octanol–water partition coefficient (Wildman–Crippen LogP) is 3.62. The lowest BCUT2D eigenvalue weighted by Crippen LogP contribution is -2.08. The van der Waals surface area contributed by atoms with Crippen LogP contribution >= 0.6 is 0 Å². The van der Waals surface area contributed by atoms with Gasteiger partial charge in [-0.2, -0.15) is 5.10 Å². The third-order valence-corrected chi connectivity index (χ3v) is 4.35. The van der Waals surface area contributed by atoms with E-state index >= 15 is 0 Å². The average molecular weight is 284 g/mol. The van der Waals surface area contributed by atoms with E-state index < -0.39 is 6.10 Å². The van der Waals surface area contributed by atoms with Crippen molar-refractivity contribution >= 4 is 0 Å². The van der Waals surface area contributed by atoms with E-state index in [9.17, 15) is 5.11 Å². The molecule has 0 spiro atoms. The van der Waals surface area contributed by atoms with E-state index in [0.717, 1.165) is 35.8 Å². The maximum atomic E-state index is 10.5. The van der Waals surface area contributed by atoms with Gasteiger partial charge in [0, 0.05) is 18.7 Å². The summed E-state index contributed by atoms with van der Waals surface area (Å²) in [5, 5.41) is 15.0. The number of hydrogen-bond acceptors (Lipinski definition) is 2. The van der Waals surface area contributed by atoms with Gasteiger partial charge in [-0.25, -0.2) is 0 Å². The van der Waals surface area contributed by atoms with Crippen molar-refractivity contribution in [2.45, 2.75) is 58.1 Å². The Morgan fingerprint density at radius 3 is 2.52 bits per heavy atom. The van der Waals surface area contributed by atoms with Crippen LogP contribution in [0.3, 0.4) is 0 Å². The molecule has 1 heterocycles. The van der Waals surface area contributed by atoms with Gasteiger partial charge in [0.25, 0.3) is 0 Å². The summed E-state index contributed by atoms with van der Waals surface area (Å²) in [6.07, 6.45) is 3.75. The van der Waals surface area contributed by atoms with Crippen LogP contribution in [0.4, 0.5) is 0 Å². The summed E-state index contributed by atoms with van der Waals surface area (Å²) in [7, 11) is 0. The summed E-state index contributed by atoms with van der Waals surface area (Å²) >= 11 is 0. The molecule has 1 unspecified atom stereocenters. The number of rotatable bonds is 6. The van der Waals surface area contributed by atoms with Gasteiger partial charge in [-0.15, -0.1) is 0 Å². The van der Waals surface area contributed by atoms with Crippen LogP contribution in [0.5, 0.6) is 0 Å². The Labute approximate surface area is 126 Å². The molecule has 21 heavy (non-hydrogen) atoms. The first-order valence-electron chi connectivity index (χ1n) is 8.04. The molecule has 0 amide bonds. The highest BCUT2D eigenvalue weighted by molar-refractivity contribution is 5.29. The number of aromatic nitrogens is 2. The second-order valence-electron chi connectivity index (χ2n) is 5.96. The minimum absolute atomic E-state index is 0.454. The molecule has 3 nitrogen and oxygen atoms in total. The standard InChI is InChI=1S/C18H24N2O/c1-3-16-11-17(20(4-2)19-16)12-18(21)15-9-7-14(8-10-15)13-5-6-13/h7-11,13,18,21H,3-6,12H2,1-2H3. The van der Waals surface area contributed by atoms with E-state index in [2.05, 4.69) is 49.3 Å². The average Bonchev–Trinajstić information content (AvgIpc) is 3.29. The fourth-order valence-corrected chi connectivity index (χ4v) is 2.85. The number of aryl methyl sites for hydroxylation is 2. The van der Waals surface area contributed by atoms with Crippen LogP contribution in [-0.4, -0.2) is 14.9 Å². The lowest BCUT2D eigenvalue weighted by atomic mass is 10.0. The molecule has 112 valence electrons. The molecule has 0 radical (unpaired) electrons. The molecular weight excluding hydrogens is 260 g/mol. The summed E-state index contributed by atoms with van der Waals surface area (Å²) in [4.78, 5) is 0. The summed E-state index contributed by atoms with van der Waals surface area (Å²) in [6.45, 7) is 5.05. The quantitative estimate of drug-likeness (QED) is 0.880. The molecule has 1 atom stereocenters. The van der Waals surface area contributed by atoms with Crippen molar-refractivity contribution in [2.75, 3.05) is 0 Å². The Hall–Kier alpha value is -1.61. The van der Waals surface area contributed by atoms with Crippen LogP contribution in [0.2, 0.25) is 0 Å². The summed E-state index contributed by atoms with van der Waals surface area (Å²) < 4.78 is 2.00. The molecule has 3 rings (SSSR count). The van der Waals surface area contributed by atoms with Gasteiger partial charge in [0.15, 0.2) is 0 Å². The van der Waals surface area contributed by atoms with Crippen molar-refractivity contribution < 1.29 is 5.11 Å². The van der Waals surface area contributed by atoms with Crippen molar-refractivity contribution in [1.82, 2.24) is 9.78 Å². The Bertz CT molecular complexity index is 596. The van der Waals surface area contributed by atoms with Gasteiger partial charge >= 0.3 is 0 Å². The van der Waals surface area contributed by atoms with Gasteiger partial charge in [0.2, 0.25) is 0 Å². The number of benzene rings is 1. The van der Waals surface area contributed by atoms with Gasteiger partial charge in [-0.05, 0) is 49.3 Å². The Kier molecular flexibility index (Phi) is 4.11. The number of hydrogen-bond donors (Lipinski definition) is 1. The molecule has 1 aliphatic carbocycles. The smallest absolute Gasteiger partial charge is 0.0845 e. The van der Waals surface area contributed by atoms with Gasteiger partial charge < -0.3 is 5.11 Å². The molecule has 1 aromatic heterocycles. The van der Waals surface area contributed by atoms with E-state index in [1.807, 2.05) is 4.68 Å². The molecule has 0 saturated heterocycles. The van der Waals surface area contributed by atoms with Crippen molar-refractivity contribution in [1.29, 1.82) is 0 Å². The highest BCUT2D eigenvalue weighted by Crippen LogP contribution is 2.40. The zero-order valence-electron chi connectivity index (χ0n) is 12.9. The Morgan fingerprint density at radius 2 is 1.95 bits per heavy atom.